The standard InChI is InChI=1S/C23H20FN3O4S/c24-15-5-6-17-21(13-15)32-23(25-17)27(8-7-26-9-11-30-12-10-26)22(29)20-14-18(28)16-3-1-2-4-19(16)31-20/h1-6,13-14H,7-12H2. The smallest absolute Gasteiger partial charge is 0.295 e. The molecule has 0 aliphatic carbocycles. The highest BCUT2D eigenvalue weighted by molar-refractivity contribution is 7.22. The van der Waals surface area contributed by atoms with Crippen molar-refractivity contribution in [2.24, 2.45) is 0 Å². The van der Waals surface area contributed by atoms with Crippen LogP contribution in [0, 0.1) is 5.82 Å². The van der Waals surface area contributed by atoms with Gasteiger partial charge in [-0.1, -0.05) is 23.5 Å². The molecule has 0 atom stereocenters. The molecule has 0 radical (unpaired) electrons. The average molecular weight is 453 g/mol. The van der Waals surface area contributed by atoms with Gasteiger partial charge in [0.05, 0.1) is 28.8 Å². The van der Waals surface area contributed by atoms with E-state index in [9.17, 15) is 14.0 Å². The summed E-state index contributed by atoms with van der Waals surface area (Å²) in [6.07, 6.45) is 0. The van der Waals surface area contributed by atoms with Crippen LogP contribution >= 0.6 is 11.3 Å². The number of hydrogen-bond acceptors (Lipinski definition) is 7. The molecule has 0 N–H and O–H groups in total. The minimum absolute atomic E-state index is 0.0545. The molecule has 164 valence electrons. The van der Waals surface area contributed by atoms with Gasteiger partial charge in [0, 0.05) is 32.2 Å². The molecule has 3 heterocycles. The minimum atomic E-state index is -0.458. The molecule has 0 saturated carbocycles. The summed E-state index contributed by atoms with van der Waals surface area (Å²) in [5.74, 6) is -0.874. The highest BCUT2D eigenvalue weighted by Gasteiger charge is 2.25. The Balaban J connectivity index is 1.51. The number of thiazole rings is 1. The third-order valence-electron chi connectivity index (χ3n) is 5.40. The number of ether oxygens (including phenoxy) is 1. The fourth-order valence-electron chi connectivity index (χ4n) is 3.69. The van der Waals surface area contributed by atoms with E-state index in [1.165, 1.54) is 34.4 Å². The first-order valence-electron chi connectivity index (χ1n) is 10.3. The van der Waals surface area contributed by atoms with Crippen molar-refractivity contribution in [2.45, 2.75) is 0 Å². The number of nitrogens with zero attached hydrogens (tertiary/aromatic N) is 3. The van der Waals surface area contributed by atoms with Crippen LogP contribution in [0.3, 0.4) is 0 Å². The van der Waals surface area contributed by atoms with Gasteiger partial charge in [-0.2, -0.15) is 0 Å². The number of benzene rings is 2. The second-order valence-corrected chi connectivity index (χ2v) is 8.50. The first kappa shape index (κ1) is 20.7. The van der Waals surface area contributed by atoms with Crippen LogP contribution < -0.4 is 10.3 Å². The van der Waals surface area contributed by atoms with Gasteiger partial charge in [-0.3, -0.25) is 19.4 Å². The van der Waals surface area contributed by atoms with Gasteiger partial charge < -0.3 is 9.15 Å². The number of carbonyl (C=O) groups excluding carboxylic acids is 1. The lowest BCUT2D eigenvalue weighted by molar-refractivity contribution is 0.0390. The molecule has 7 nitrogen and oxygen atoms in total. The van der Waals surface area contributed by atoms with Crippen LogP contribution in [0.2, 0.25) is 0 Å². The number of para-hydroxylation sites is 1. The summed E-state index contributed by atoms with van der Waals surface area (Å²) in [5, 5.41) is 0.846. The van der Waals surface area contributed by atoms with Gasteiger partial charge in [-0.25, -0.2) is 9.37 Å². The normalized spacial score (nSPS) is 14.8. The summed E-state index contributed by atoms with van der Waals surface area (Å²) in [6, 6.07) is 12.4. The first-order valence-corrected chi connectivity index (χ1v) is 11.1. The van der Waals surface area contributed by atoms with Gasteiger partial charge >= 0.3 is 0 Å². The largest absolute Gasteiger partial charge is 0.451 e. The summed E-state index contributed by atoms with van der Waals surface area (Å²) in [6.45, 7) is 3.80. The molecule has 1 aliphatic rings. The zero-order valence-electron chi connectivity index (χ0n) is 17.1. The Hall–Kier alpha value is -3.14. The Labute approximate surface area is 186 Å². The Morgan fingerprint density at radius 3 is 2.81 bits per heavy atom. The second-order valence-electron chi connectivity index (χ2n) is 7.49. The molecule has 5 rings (SSSR count). The Bertz CT molecular complexity index is 1350. The third kappa shape index (κ3) is 4.14. The summed E-state index contributed by atoms with van der Waals surface area (Å²) in [4.78, 5) is 34.3. The topological polar surface area (TPSA) is 75.9 Å². The summed E-state index contributed by atoms with van der Waals surface area (Å²) in [7, 11) is 0. The van der Waals surface area contributed by atoms with Crippen molar-refractivity contribution >= 4 is 43.6 Å². The lowest BCUT2D eigenvalue weighted by atomic mass is 10.2. The lowest BCUT2D eigenvalue weighted by Crippen LogP contribution is -2.43. The van der Waals surface area contributed by atoms with Gasteiger partial charge in [0.15, 0.2) is 16.3 Å². The van der Waals surface area contributed by atoms with Crippen LogP contribution in [0.25, 0.3) is 21.2 Å². The zero-order valence-corrected chi connectivity index (χ0v) is 17.9. The molecule has 0 bridgehead atoms. The van der Waals surface area contributed by atoms with Crippen LogP contribution in [0.15, 0.2) is 57.7 Å². The van der Waals surface area contributed by atoms with Crippen molar-refractivity contribution in [3.05, 3.63) is 70.3 Å². The van der Waals surface area contributed by atoms with E-state index in [2.05, 4.69) is 9.88 Å². The van der Waals surface area contributed by atoms with Crippen molar-refractivity contribution in [2.75, 3.05) is 44.3 Å². The molecule has 1 saturated heterocycles. The number of rotatable bonds is 5. The maximum absolute atomic E-state index is 13.7. The number of morpholine rings is 1. The van der Waals surface area contributed by atoms with Crippen LogP contribution in [0.5, 0.6) is 0 Å². The first-order chi connectivity index (χ1) is 15.6. The molecule has 2 aromatic carbocycles. The number of carbonyl (C=O) groups is 1. The molecule has 32 heavy (non-hydrogen) atoms. The van der Waals surface area contributed by atoms with Gasteiger partial charge in [0.2, 0.25) is 0 Å². The van der Waals surface area contributed by atoms with E-state index in [0.29, 0.717) is 52.6 Å². The Morgan fingerprint density at radius 1 is 1.16 bits per heavy atom. The fourth-order valence-corrected chi connectivity index (χ4v) is 4.71. The maximum Gasteiger partial charge on any atom is 0.295 e. The van der Waals surface area contributed by atoms with Gasteiger partial charge in [0.25, 0.3) is 5.91 Å². The highest BCUT2D eigenvalue weighted by Crippen LogP contribution is 2.30. The fraction of sp³-hybridized carbons (Fsp3) is 0.261. The Morgan fingerprint density at radius 2 is 1.97 bits per heavy atom. The van der Waals surface area contributed by atoms with Crippen LogP contribution in [-0.4, -0.2) is 55.2 Å². The summed E-state index contributed by atoms with van der Waals surface area (Å²) < 4.78 is 25.5. The van der Waals surface area contributed by atoms with Crippen molar-refractivity contribution < 1.29 is 18.3 Å². The molecule has 2 aromatic heterocycles. The predicted octanol–water partition coefficient (Wildman–Crippen LogP) is 3.52. The molecule has 1 aliphatic heterocycles. The molecule has 1 fully saturated rings. The number of amides is 1. The van der Waals surface area contributed by atoms with Crippen molar-refractivity contribution in [3.8, 4) is 0 Å². The van der Waals surface area contributed by atoms with Gasteiger partial charge in [-0.15, -0.1) is 0 Å². The van der Waals surface area contributed by atoms with Crippen LogP contribution in [0.1, 0.15) is 10.6 Å². The summed E-state index contributed by atoms with van der Waals surface area (Å²) in [5.41, 5.74) is 0.674. The van der Waals surface area contributed by atoms with E-state index in [-0.39, 0.29) is 17.0 Å². The quantitative estimate of drug-likeness (QED) is 0.460. The van der Waals surface area contributed by atoms with E-state index in [0.717, 1.165) is 13.1 Å². The van der Waals surface area contributed by atoms with E-state index in [1.807, 2.05) is 0 Å². The monoisotopic (exact) mass is 453 g/mol. The number of fused-ring (bicyclic) bond motifs is 2. The number of hydrogen-bond donors (Lipinski definition) is 0. The number of aromatic nitrogens is 1. The lowest BCUT2D eigenvalue weighted by Gasteiger charge is -2.29. The minimum Gasteiger partial charge on any atom is -0.451 e. The Kier molecular flexibility index (Phi) is 5.69. The molecule has 4 aromatic rings. The summed E-state index contributed by atoms with van der Waals surface area (Å²) >= 11 is 1.23. The molecule has 0 unspecified atom stereocenters. The van der Waals surface area contributed by atoms with Gasteiger partial charge in [-0.05, 0) is 30.3 Å². The molecule has 0 spiro atoms. The molecular formula is C23H20FN3O4S. The third-order valence-corrected chi connectivity index (χ3v) is 6.45. The molecule has 1 amide bonds. The van der Waals surface area contributed by atoms with E-state index in [1.54, 1.807) is 30.3 Å². The van der Waals surface area contributed by atoms with E-state index < -0.39 is 5.91 Å². The van der Waals surface area contributed by atoms with Crippen LogP contribution in [-0.2, 0) is 4.74 Å². The van der Waals surface area contributed by atoms with Crippen molar-refractivity contribution in [1.29, 1.82) is 0 Å². The predicted molar refractivity (Wildman–Crippen MR) is 121 cm³/mol. The molecular weight excluding hydrogens is 433 g/mol. The van der Waals surface area contributed by atoms with E-state index in [4.69, 9.17) is 9.15 Å². The SMILES string of the molecule is O=C(c1cc(=O)c2ccccc2o1)N(CCN1CCOCC1)c1nc2ccc(F)cc2s1. The second kappa shape index (κ2) is 8.78. The van der Waals surface area contributed by atoms with E-state index >= 15 is 0 Å². The van der Waals surface area contributed by atoms with Crippen molar-refractivity contribution in [3.63, 3.8) is 0 Å². The maximum atomic E-state index is 13.7. The highest BCUT2D eigenvalue weighted by atomic mass is 32.1. The number of anilines is 1. The molecule has 9 heteroatoms. The number of halogens is 1. The van der Waals surface area contributed by atoms with Gasteiger partial charge in [0.1, 0.15) is 11.4 Å². The zero-order chi connectivity index (χ0) is 22.1. The van der Waals surface area contributed by atoms with Crippen LogP contribution in [0.4, 0.5) is 9.52 Å². The van der Waals surface area contributed by atoms with Crippen molar-refractivity contribution in [1.82, 2.24) is 9.88 Å². The average Bonchev–Trinajstić information content (AvgIpc) is 3.22.